The zero-order valence-electron chi connectivity index (χ0n) is 8.13. The quantitative estimate of drug-likeness (QED) is 0.665. The van der Waals surface area contributed by atoms with E-state index in [0.29, 0.717) is 6.42 Å². The molecule has 0 heterocycles. The lowest BCUT2D eigenvalue weighted by molar-refractivity contribution is -0.142. The van der Waals surface area contributed by atoms with Crippen molar-refractivity contribution >= 4 is 11.8 Å². The van der Waals surface area contributed by atoms with Crippen molar-refractivity contribution in [3.8, 4) is 0 Å². The highest BCUT2D eigenvalue weighted by Crippen LogP contribution is 2.72. The first-order chi connectivity index (χ1) is 5.82. The molecule has 0 unspecified atom stereocenters. The third-order valence-electron chi connectivity index (χ3n) is 3.84. The molecule has 0 amide bonds. The number of hydrogen-bond donors (Lipinski definition) is 1. The molecule has 72 valence electrons. The molecule has 0 aliphatic heterocycles. The molecule has 3 nitrogen and oxygen atoms in total. The highest BCUT2D eigenvalue weighted by molar-refractivity contribution is 5.98. The minimum atomic E-state index is -0.811. The summed E-state index contributed by atoms with van der Waals surface area (Å²) in [5, 5.41) is 8.92. The van der Waals surface area contributed by atoms with Gasteiger partial charge in [0.15, 0.2) is 0 Å². The summed E-state index contributed by atoms with van der Waals surface area (Å²) in [7, 11) is 0. The van der Waals surface area contributed by atoms with E-state index in [2.05, 4.69) is 0 Å². The maximum atomic E-state index is 11.6. The van der Waals surface area contributed by atoms with Crippen molar-refractivity contribution in [3.63, 3.8) is 0 Å². The molecule has 13 heavy (non-hydrogen) atoms. The summed E-state index contributed by atoms with van der Waals surface area (Å²) in [5.41, 5.74) is -0.662. The fourth-order valence-electron chi connectivity index (χ4n) is 3.24. The fourth-order valence-corrected chi connectivity index (χ4v) is 3.24. The van der Waals surface area contributed by atoms with Gasteiger partial charge in [0, 0.05) is 11.8 Å². The van der Waals surface area contributed by atoms with Crippen LogP contribution in [-0.4, -0.2) is 16.9 Å². The molecule has 0 spiro atoms. The van der Waals surface area contributed by atoms with E-state index in [9.17, 15) is 9.59 Å². The fraction of sp³-hybridized carbons (Fsp3) is 0.800. The van der Waals surface area contributed by atoms with E-state index in [4.69, 9.17) is 5.11 Å². The summed E-state index contributed by atoms with van der Waals surface area (Å²) in [6, 6.07) is 0. The van der Waals surface area contributed by atoms with Gasteiger partial charge in [-0.3, -0.25) is 9.59 Å². The number of carboxylic acid groups (broad SMARTS) is 1. The largest absolute Gasteiger partial charge is 0.481 e. The molecule has 0 saturated heterocycles. The van der Waals surface area contributed by atoms with Gasteiger partial charge in [-0.05, 0) is 11.3 Å². The van der Waals surface area contributed by atoms with Crippen LogP contribution in [0.1, 0.15) is 27.2 Å². The number of rotatable bonds is 1. The first-order valence-electron chi connectivity index (χ1n) is 4.58. The van der Waals surface area contributed by atoms with Gasteiger partial charge in [-0.2, -0.15) is 0 Å². The summed E-state index contributed by atoms with van der Waals surface area (Å²) >= 11 is 0. The molecule has 3 heteroatoms. The topological polar surface area (TPSA) is 54.4 Å². The van der Waals surface area contributed by atoms with Crippen LogP contribution in [-0.2, 0) is 9.59 Å². The highest BCUT2D eigenvalue weighted by atomic mass is 16.4. The van der Waals surface area contributed by atoms with Crippen molar-refractivity contribution in [2.75, 3.05) is 0 Å². The van der Waals surface area contributed by atoms with Gasteiger partial charge in [-0.15, -0.1) is 0 Å². The van der Waals surface area contributed by atoms with Crippen LogP contribution < -0.4 is 0 Å². The first-order valence-corrected chi connectivity index (χ1v) is 4.58. The second-order valence-electron chi connectivity index (χ2n) is 5.16. The van der Waals surface area contributed by atoms with E-state index in [1.807, 2.05) is 13.8 Å². The Labute approximate surface area is 77.1 Å². The molecule has 0 aromatic rings. The zero-order chi connectivity index (χ0) is 10.0. The maximum absolute atomic E-state index is 11.6. The van der Waals surface area contributed by atoms with Gasteiger partial charge in [0.1, 0.15) is 5.78 Å². The minimum absolute atomic E-state index is 0.0602. The zero-order valence-corrected chi connectivity index (χ0v) is 8.13. The van der Waals surface area contributed by atoms with Crippen molar-refractivity contribution in [3.05, 3.63) is 0 Å². The van der Waals surface area contributed by atoms with Gasteiger partial charge in [0.25, 0.3) is 0 Å². The molecule has 0 bridgehead atoms. The molecule has 0 radical (unpaired) electrons. The smallest absolute Gasteiger partial charge is 0.307 e. The molecule has 0 aromatic carbocycles. The number of Topliss-reactive ketones (excluding diaryl/α,β-unsaturated/α-hetero) is 1. The summed E-state index contributed by atoms with van der Waals surface area (Å²) < 4.78 is 0. The molecular weight excluding hydrogens is 168 g/mol. The molecule has 2 fully saturated rings. The SMILES string of the molecule is CC1(C)CC(=O)[C@@]2(C)[C@H](C(=O)O)[C@@H]12. The molecule has 2 rings (SSSR count). The van der Waals surface area contributed by atoms with Gasteiger partial charge in [-0.1, -0.05) is 20.8 Å². The van der Waals surface area contributed by atoms with E-state index >= 15 is 0 Å². The average molecular weight is 182 g/mol. The van der Waals surface area contributed by atoms with Gasteiger partial charge >= 0.3 is 5.97 Å². The molecule has 2 aliphatic carbocycles. The van der Waals surface area contributed by atoms with E-state index in [0.717, 1.165) is 0 Å². The Kier molecular flexibility index (Phi) is 1.32. The lowest BCUT2D eigenvalue weighted by Crippen LogP contribution is -2.21. The predicted octanol–water partition coefficient (Wildman–Crippen LogP) is 1.32. The second kappa shape index (κ2) is 1.97. The van der Waals surface area contributed by atoms with Crippen molar-refractivity contribution < 1.29 is 14.7 Å². The molecule has 2 saturated carbocycles. The van der Waals surface area contributed by atoms with E-state index < -0.39 is 17.3 Å². The van der Waals surface area contributed by atoms with E-state index in [1.54, 1.807) is 6.92 Å². The monoisotopic (exact) mass is 182 g/mol. The van der Waals surface area contributed by atoms with Crippen molar-refractivity contribution in [1.82, 2.24) is 0 Å². The minimum Gasteiger partial charge on any atom is -0.481 e. The predicted molar refractivity (Wildman–Crippen MR) is 46.1 cm³/mol. The maximum Gasteiger partial charge on any atom is 0.307 e. The van der Waals surface area contributed by atoms with Crippen LogP contribution in [0.2, 0.25) is 0 Å². The van der Waals surface area contributed by atoms with Crippen LogP contribution in [0, 0.1) is 22.7 Å². The number of carboxylic acids is 1. The van der Waals surface area contributed by atoms with Crippen LogP contribution in [0.4, 0.5) is 0 Å². The van der Waals surface area contributed by atoms with Crippen LogP contribution >= 0.6 is 0 Å². The van der Waals surface area contributed by atoms with Gasteiger partial charge in [0.2, 0.25) is 0 Å². The number of carbonyl (C=O) groups excluding carboxylic acids is 1. The summed E-state index contributed by atoms with van der Waals surface area (Å²) in [6.45, 7) is 5.78. The Morgan fingerprint density at radius 2 is 2.00 bits per heavy atom. The normalized spacial score (nSPS) is 45.9. The summed E-state index contributed by atoms with van der Waals surface area (Å²) in [6.07, 6.45) is 0.540. The van der Waals surface area contributed by atoms with Crippen LogP contribution in [0.15, 0.2) is 0 Å². The average Bonchev–Trinajstić information content (AvgIpc) is 2.52. The first kappa shape index (κ1) is 8.73. The van der Waals surface area contributed by atoms with E-state index in [-0.39, 0.29) is 17.1 Å². The Balaban J connectivity index is 2.37. The van der Waals surface area contributed by atoms with Crippen LogP contribution in [0.3, 0.4) is 0 Å². The summed E-state index contributed by atoms with van der Waals surface area (Å²) in [5.74, 6) is -1.04. The van der Waals surface area contributed by atoms with Gasteiger partial charge in [0.05, 0.1) is 5.92 Å². The number of ketones is 1. The van der Waals surface area contributed by atoms with Gasteiger partial charge in [-0.25, -0.2) is 0 Å². The van der Waals surface area contributed by atoms with Crippen molar-refractivity contribution in [2.24, 2.45) is 22.7 Å². The Morgan fingerprint density at radius 3 is 2.23 bits per heavy atom. The molecule has 1 N–H and O–H groups in total. The molecule has 2 aliphatic rings. The van der Waals surface area contributed by atoms with Crippen molar-refractivity contribution in [2.45, 2.75) is 27.2 Å². The number of carbonyl (C=O) groups is 2. The molecular formula is C10H14O3. The number of hydrogen-bond acceptors (Lipinski definition) is 2. The van der Waals surface area contributed by atoms with E-state index in [1.165, 1.54) is 0 Å². The third-order valence-corrected chi connectivity index (χ3v) is 3.84. The number of aliphatic carboxylic acids is 1. The molecule has 0 aromatic heterocycles. The van der Waals surface area contributed by atoms with Crippen LogP contribution in [0.25, 0.3) is 0 Å². The Bertz CT molecular complexity index is 305. The van der Waals surface area contributed by atoms with Gasteiger partial charge < -0.3 is 5.11 Å². The standard InChI is InChI=1S/C10H14O3/c1-9(2)4-5(11)10(3)6(7(9)10)8(12)13/h6-7H,4H2,1-3H3,(H,12,13)/t6-,7-,10-/m0/s1. The number of fused-ring (bicyclic) bond motifs is 1. The highest BCUT2D eigenvalue weighted by Gasteiger charge is 2.77. The summed E-state index contributed by atoms with van der Waals surface area (Å²) in [4.78, 5) is 22.5. The van der Waals surface area contributed by atoms with Crippen molar-refractivity contribution in [1.29, 1.82) is 0 Å². The Hall–Kier alpha value is -0.860. The molecule has 3 atom stereocenters. The Morgan fingerprint density at radius 1 is 1.46 bits per heavy atom. The third kappa shape index (κ3) is 0.798. The second-order valence-corrected chi connectivity index (χ2v) is 5.16. The van der Waals surface area contributed by atoms with Crippen LogP contribution in [0.5, 0.6) is 0 Å². The lowest BCUT2D eigenvalue weighted by Gasteiger charge is -2.18. The lowest BCUT2D eigenvalue weighted by atomic mass is 9.85.